The Kier molecular flexibility index (Phi) is 4.03. The van der Waals surface area contributed by atoms with Crippen molar-refractivity contribution in [3.63, 3.8) is 0 Å². The van der Waals surface area contributed by atoms with Gasteiger partial charge in [0.05, 0.1) is 12.2 Å². The summed E-state index contributed by atoms with van der Waals surface area (Å²) in [5, 5.41) is 11.5. The molecule has 1 aromatic rings. The van der Waals surface area contributed by atoms with Crippen molar-refractivity contribution in [3.8, 4) is 18.1 Å². The van der Waals surface area contributed by atoms with Crippen molar-refractivity contribution in [2.24, 2.45) is 7.05 Å². The molecule has 0 saturated heterocycles. The second-order valence-electron chi connectivity index (χ2n) is 3.58. The SMILES string of the molecule is C#CCNC(c1c(O)c(=O)ccn1C)C(F)(F)F. The molecule has 0 spiro atoms. The van der Waals surface area contributed by atoms with Crippen LogP contribution in [-0.4, -0.2) is 22.4 Å². The number of alkyl halides is 3. The summed E-state index contributed by atoms with van der Waals surface area (Å²) in [6.45, 7) is -0.341. The van der Waals surface area contributed by atoms with Gasteiger partial charge in [0.2, 0.25) is 5.43 Å². The van der Waals surface area contributed by atoms with Crippen molar-refractivity contribution in [3.05, 3.63) is 28.2 Å². The highest BCUT2D eigenvalue weighted by molar-refractivity contribution is 5.30. The lowest BCUT2D eigenvalue weighted by atomic mass is 10.1. The molecule has 98 valence electrons. The molecule has 0 bridgehead atoms. The molecule has 1 aromatic heterocycles. The zero-order chi connectivity index (χ0) is 13.9. The maximum atomic E-state index is 12.9. The fourth-order valence-electron chi connectivity index (χ4n) is 1.50. The molecule has 18 heavy (non-hydrogen) atoms. The van der Waals surface area contributed by atoms with Crippen LogP contribution in [0, 0.1) is 12.3 Å². The lowest BCUT2D eigenvalue weighted by molar-refractivity contribution is -0.158. The fourth-order valence-corrected chi connectivity index (χ4v) is 1.50. The zero-order valence-corrected chi connectivity index (χ0v) is 9.45. The highest BCUT2D eigenvalue weighted by Crippen LogP contribution is 2.34. The predicted molar refractivity (Wildman–Crippen MR) is 59.0 cm³/mol. The van der Waals surface area contributed by atoms with Gasteiger partial charge in [-0.05, 0) is 0 Å². The fraction of sp³-hybridized carbons (Fsp3) is 0.364. The van der Waals surface area contributed by atoms with Gasteiger partial charge in [0.15, 0.2) is 5.75 Å². The first-order valence-electron chi connectivity index (χ1n) is 4.91. The van der Waals surface area contributed by atoms with Gasteiger partial charge in [-0.15, -0.1) is 6.42 Å². The first-order valence-corrected chi connectivity index (χ1v) is 4.91. The Labute approximate surface area is 101 Å². The highest BCUT2D eigenvalue weighted by atomic mass is 19.4. The molecule has 4 nitrogen and oxygen atoms in total. The second kappa shape index (κ2) is 5.14. The van der Waals surface area contributed by atoms with Crippen molar-refractivity contribution in [2.45, 2.75) is 12.2 Å². The number of pyridine rings is 1. The van der Waals surface area contributed by atoms with Crippen molar-refractivity contribution >= 4 is 0 Å². The van der Waals surface area contributed by atoms with Crippen molar-refractivity contribution in [2.75, 3.05) is 6.54 Å². The summed E-state index contributed by atoms with van der Waals surface area (Å²) in [5.41, 5.74) is -1.44. The molecular weight excluding hydrogens is 249 g/mol. The molecule has 1 atom stereocenters. The number of rotatable bonds is 3. The second-order valence-corrected chi connectivity index (χ2v) is 3.58. The third-order valence-electron chi connectivity index (χ3n) is 2.31. The summed E-state index contributed by atoms with van der Waals surface area (Å²) in [5.74, 6) is 1.08. The van der Waals surface area contributed by atoms with Crippen molar-refractivity contribution < 1.29 is 18.3 Å². The molecule has 0 aromatic carbocycles. The van der Waals surface area contributed by atoms with Gasteiger partial charge in [0, 0.05) is 19.3 Å². The van der Waals surface area contributed by atoms with Crippen LogP contribution in [0.1, 0.15) is 11.7 Å². The van der Waals surface area contributed by atoms with Crippen LogP contribution >= 0.6 is 0 Å². The van der Waals surface area contributed by atoms with Crippen molar-refractivity contribution in [1.29, 1.82) is 0 Å². The summed E-state index contributed by atoms with van der Waals surface area (Å²) in [7, 11) is 1.30. The van der Waals surface area contributed by atoms with E-state index in [1.54, 1.807) is 0 Å². The molecule has 0 aliphatic rings. The maximum Gasteiger partial charge on any atom is 0.409 e. The van der Waals surface area contributed by atoms with E-state index in [4.69, 9.17) is 6.42 Å². The monoisotopic (exact) mass is 260 g/mol. The molecule has 0 radical (unpaired) electrons. The summed E-state index contributed by atoms with van der Waals surface area (Å²) >= 11 is 0. The lowest BCUT2D eigenvalue weighted by Crippen LogP contribution is -2.37. The lowest BCUT2D eigenvalue weighted by Gasteiger charge is -2.23. The molecular formula is C11H11F3N2O2. The Morgan fingerprint density at radius 3 is 2.72 bits per heavy atom. The van der Waals surface area contributed by atoms with Crippen LogP contribution in [0.2, 0.25) is 0 Å². The van der Waals surface area contributed by atoms with Crippen LogP contribution in [0.25, 0.3) is 0 Å². The normalized spacial score (nSPS) is 13.1. The molecule has 2 N–H and O–H groups in total. The molecule has 0 saturated carbocycles. The average molecular weight is 260 g/mol. The van der Waals surface area contributed by atoms with E-state index in [-0.39, 0.29) is 6.54 Å². The first-order chi connectivity index (χ1) is 8.29. The Bertz CT molecular complexity index is 529. The van der Waals surface area contributed by atoms with E-state index in [0.717, 1.165) is 16.8 Å². The van der Waals surface area contributed by atoms with Gasteiger partial charge in [-0.1, -0.05) is 5.92 Å². The quantitative estimate of drug-likeness (QED) is 0.794. The van der Waals surface area contributed by atoms with Gasteiger partial charge >= 0.3 is 6.18 Å². The van der Waals surface area contributed by atoms with Crippen LogP contribution in [0.4, 0.5) is 13.2 Å². The van der Waals surface area contributed by atoms with Gasteiger partial charge in [0.25, 0.3) is 0 Å². The number of halogens is 3. The topological polar surface area (TPSA) is 54.3 Å². The number of nitrogens with one attached hydrogen (secondary N) is 1. The van der Waals surface area contributed by atoms with Crippen LogP contribution in [-0.2, 0) is 7.05 Å². The number of aromatic hydroxyl groups is 1. The Morgan fingerprint density at radius 1 is 1.61 bits per heavy atom. The number of nitrogens with zero attached hydrogens (tertiary/aromatic N) is 1. The molecule has 1 heterocycles. The molecule has 0 fully saturated rings. The zero-order valence-electron chi connectivity index (χ0n) is 9.45. The molecule has 1 rings (SSSR count). The molecule has 7 heteroatoms. The van der Waals surface area contributed by atoms with Crippen molar-refractivity contribution in [1.82, 2.24) is 9.88 Å². The van der Waals surface area contributed by atoms with Gasteiger partial charge in [0.1, 0.15) is 6.04 Å². The minimum atomic E-state index is -4.68. The van der Waals surface area contributed by atoms with Crippen LogP contribution in [0.3, 0.4) is 0 Å². The van der Waals surface area contributed by atoms with E-state index in [1.165, 1.54) is 7.05 Å². The third-order valence-corrected chi connectivity index (χ3v) is 2.31. The summed E-state index contributed by atoms with van der Waals surface area (Å²) < 4.78 is 39.6. The van der Waals surface area contributed by atoms with Gasteiger partial charge in [-0.2, -0.15) is 13.2 Å². The molecule has 1 unspecified atom stereocenters. The van der Waals surface area contributed by atoms with Gasteiger partial charge in [-0.3, -0.25) is 10.1 Å². The largest absolute Gasteiger partial charge is 0.503 e. The predicted octanol–water partition coefficient (Wildman–Crippen LogP) is 0.917. The summed E-state index contributed by atoms with van der Waals surface area (Å²) in [6, 6.07) is -1.22. The van der Waals surface area contributed by atoms with Gasteiger partial charge < -0.3 is 9.67 Å². The number of aromatic nitrogens is 1. The number of terminal acetylenes is 1. The Hall–Kier alpha value is -1.94. The van der Waals surface area contributed by atoms with E-state index in [2.05, 4.69) is 5.32 Å². The molecule has 0 aliphatic heterocycles. The summed E-state index contributed by atoms with van der Waals surface area (Å²) in [4.78, 5) is 11.2. The van der Waals surface area contributed by atoms with E-state index in [0.29, 0.717) is 0 Å². The maximum absolute atomic E-state index is 12.9. The highest BCUT2D eigenvalue weighted by Gasteiger charge is 2.43. The minimum Gasteiger partial charge on any atom is -0.503 e. The van der Waals surface area contributed by atoms with E-state index < -0.39 is 29.1 Å². The number of hydrogen-bond donors (Lipinski definition) is 2. The van der Waals surface area contributed by atoms with Crippen LogP contribution in [0.5, 0.6) is 5.75 Å². The van der Waals surface area contributed by atoms with Crippen LogP contribution in [0.15, 0.2) is 17.1 Å². The van der Waals surface area contributed by atoms with Gasteiger partial charge in [-0.25, -0.2) is 0 Å². The minimum absolute atomic E-state index is 0.341. The smallest absolute Gasteiger partial charge is 0.409 e. The number of aryl methyl sites for hydroxylation is 1. The van der Waals surface area contributed by atoms with E-state index >= 15 is 0 Å². The Morgan fingerprint density at radius 2 is 2.22 bits per heavy atom. The third kappa shape index (κ3) is 2.84. The molecule has 0 aliphatic carbocycles. The standard InChI is InChI=1S/C11H11F3N2O2/c1-3-5-15-10(11(12,13)14)8-9(18)7(17)4-6-16(8)2/h1,4,6,10,15,18H,5H2,2H3. The van der Waals surface area contributed by atoms with E-state index in [1.807, 2.05) is 5.92 Å². The average Bonchev–Trinajstić information content (AvgIpc) is 2.27. The molecule has 0 amide bonds. The first kappa shape index (κ1) is 14.1. The van der Waals surface area contributed by atoms with Crippen LogP contribution < -0.4 is 10.7 Å². The summed E-state index contributed by atoms with van der Waals surface area (Å²) in [6.07, 6.45) is 1.36. The number of hydrogen-bond acceptors (Lipinski definition) is 3. The van der Waals surface area contributed by atoms with E-state index in [9.17, 15) is 23.1 Å². The Balaban J connectivity index is 3.34.